The number of nitrogens with one attached hydrogen (secondary N) is 3. The molecule has 0 radical (unpaired) electrons. The van der Waals surface area contributed by atoms with E-state index >= 15 is 0 Å². The van der Waals surface area contributed by atoms with Gasteiger partial charge in [-0.3, -0.25) is 4.79 Å². The fraction of sp³-hybridized carbons (Fsp3) is 0.529. The molecule has 1 aromatic carbocycles. The highest BCUT2D eigenvalue weighted by Gasteiger charge is 2.12. The summed E-state index contributed by atoms with van der Waals surface area (Å²) in [7, 11) is 0. The summed E-state index contributed by atoms with van der Waals surface area (Å²) in [4.78, 5) is 15.9. The van der Waals surface area contributed by atoms with Gasteiger partial charge in [-0.25, -0.2) is 4.99 Å². The second kappa shape index (κ2) is 9.64. The number of rotatable bonds is 8. The van der Waals surface area contributed by atoms with Crippen LogP contribution in [0.25, 0.3) is 0 Å². The molecule has 0 atom stereocenters. The molecule has 24 heavy (non-hydrogen) atoms. The lowest BCUT2D eigenvalue weighted by atomic mass is 10.1. The molecule has 1 aromatic rings. The van der Waals surface area contributed by atoms with Crippen LogP contribution in [0, 0.1) is 0 Å². The lowest BCUT2D eigenvalue weighted by molar-refractivity contribution is -0.119. The van der Waals surface area contributed by atoms with Gasteiger partial charge in [0.15, 0.2) is 17.5 Å². The molecule has 0 aromatic heterocycles. The molecular formula is C17H26N4O3. The van der Waals surface area contributed by atoms with Crippen molar-refractivity contribution < 1.29 is 14.3 Å². The third-order valence-corrected chi connectivity index (χ3v) is 3.44. The number of aliphatic imine (C=N–C) groups is 1. The van der Waals surface area contributed by atoms with Crippen molar-refractivity contribution in [3.8, 4) is 11.5 Å². The Kier molecular flexibility index (Phi) is 7.20. The highest BCUT2D eigenvalue weighted by Crippen LogP contribution is 2.32. The zero-order valence-electron chi connectivity index (χ0n) is 14.4. The van der Waals surface area contributed by atoms with Crippen molar-refractivity contribution in [1.82, 2.24) is 16.0 Å². The molecule has 0 unspecified atom stereocenters. The van der Waals surface area contributed by atoms with E-state index in [1.54, 1.807) is 0 Å². The topological polar surface area (TPSA) is 84.0 Å². The molecule has 0 fully saturated rings. The third-order valence-electron chi connectivity index (χ3n) is 3.44. The molecule has 0 saturated carbocycles. The number of hydrogen-bond acceptors (Lipinski definition) is 4. The van der Waals surface area contributed by atoms with Crippen molar-refractivity contribution in [2.45, 2.75) is 26.7 Å². The summed E-state index contributed by atoms with van der Waals surface area (Å²) in [5, 5.41) is 9.18. The minimum atomic E-state index is -0.0650. The summed E-state index contributed by atoms with van der Waals surface area (Å²) in [5.41, 5.74) is 1.16. The van der Waals surface area contributed by atoms with Crippen LogP contribution in [-0.2, 0) is 11.2 Å². The predicted molar refractivity (Wildman–Crippen MR) is 93.6 cm³/mol. The minimum absolute atomic E-state index is 0.0650. The average molecular weight is 334 g/mol. The molecule has 2 rings (SSSR count). The van der Waals surface area contributed by atoms with E-state index in [1.165, 1.54) is 0 Å². The third kappa shape index (κ3) is 5.64. The van der Waals surface area contributed by atoms with Crippen LogP contribution in [0.2, 0.25) is 0 Å². The number of fused-ring (bicyclic) bond motifs is 1. The summed E-state index contributed by atoms with van der Waals surface area (Å²) in [6.45, 7) is 6.56. The molecule has 0 aliphatic carbocycles. The fourth-order valence-electron chi connectivity index (χ4n) is 2.23. The van der Waals surface area contributed by atoms with Gasteiger partial charge in [0.1, 0.15) is 6.54 Å². The molecule has 1 aliphatic rings. The standard InChI is InChI=1S/C17H26N4O3/c1-3-8-19-16(22)11-21-17(18-4-2)20-9-7-13-5-6-14-15(10-13)24-12-23-14/h5-6,10H,3-4,7-9,11-12H2,1-2H3,(H,19,22)(H2,18,20,21). The van der Waals surface area contributed by atoms with Crippen molar-refractivity contribution >= 4 is 11.9 Å². The Morgan fingerprint density at radius 3 is 2.75 bits per heavy atom. The SMILES string of the molecule is CCCNC(=O)CN=C(NCC)NCCc1ccc2c(c1)OCO2. The van der Waals surface area contributed by atoms with Crippen LogP contribution in [0.3, 0.4) is 0 Å². The molecular weight excluding hydrogens is 308 g/mol. The number of benzene rings is 1. The first kappa shape index (κ1) is 17.9. The number of guanidine groups is 1. The molecule has 1 amide bonds. The van der Waals surface area contributed by atoms with Crippen molar-refractivity contribution in [3.05, 3.63) is 23.8 Å². The van der Waals surface area contributed by atoms with E-state index in [0.29, 0.717) is 19.0 Å². The Morgan fingerprint density at radius 2 is 1.96 bits per heavy atom. The molecule has 1 heterocycles. The number of amides is 1. The fourth-order valence-corrected chi connectivity index (χ4v) is 2.23. The van der Waals surface area contributed by atoms with Crippen molar-refractivity contribution in [2.24, 2.45) is 4.99 Å². The Balaban J connectivity index is 1.79. The van der Waals surface area contributed by atoms with Gasteiger partial charge in [0.05, 0.1) is 0 Å². The van der Waals surface area contributed by atoms with Gasteiger partial charge in [-0.1, -0.05) is 13.0 Å². The number of nitrogens with zero attached hydrogens (tertiary/aromatic N) is 1. The smallest absolute Gasteiger partial charge is 0.241 e. The highest BCUT2D eigenvalue weighted by molar-refractivity contribution is 5.84. The van der Waals surface area contributed by atoms with E-state index in [9.17, 15) is 4.79 Å². The van der Waals surface area contributed by atoms with E-state index in [-0.39, 0.29) is 19.2 Å². The van der Waals surface area contributed by atoms with Gasteiger partial charge in [-0.2, -0.15) is 0 Å². The van der Waals surface area contributed by atoms with Gasteiger partial charge in [-0.05, 0) is 37.5 Å². The molecule has 0 saturated heterocycles. The number of carbonyl (C=O) groups is 1. The zero-order chi connectivity index (χ0) is 17.2. The maximum Gasteiger partial charge on any atom is 0.241 e. The van der Waals surface area contributed by atoms with Crippen LogP contribution in [0.15, 0.2) is 23.2 Å². The monoisotopic (exact) mass is 334 g/mol. The molecule has 3 N–H and O–H groups in total. The first-order chi connectivity index (χ1) is 11.7. The van der Waals surface area contributed by atoms with Gasteiger partial charge >= 0.3 is 0 Å². The summed E-state index contributed by atoms with van der Waals surface area (Å²) < 4.78 is 10.7. The number of carbonyl (C=O) groups excluding carboxylic acids is 1. The van der Waals surface area contributed by atoms with E-state index < -0.39 is 0 Å². The first-order valence-corrected chi connectivity index (χ1v) is 8.40. The Bertz CT molecular complexity index is 575. The lowest BCUT2D eigenvalue weighted by Crippen LogP contribution is -2.39. The minimum Gasteiger partial charge on any atom is -0.454 e. The average Bonchev–Trinajstić information content (AvgIpc) is 3.05. The van der Waals surface area contributed by atoms with Crippen LogP contribution in [0.5, 0.6) is 11.5 Å². The van der Waals surface area contributed by atoms with E-state index in [0.717, 1.165) is 36.4 Å². The first-order valence-electron chi connectivity index (χ1n) is 8.40. The van der Waals surface area contributed by atoms with E-state index in [2.05, 4.69) is 20.9 Å². The van der Waals surface area contributed by atoms with Crippen molar-refractivity contribution in [3.63, 3.8) is 0 Å². The van der Waals surface area contributed by atoms with Crippen LogP contribution in [0.1, 0.15) is 25.8 Å². The Morgan fingerprint density at radius 1 is 1.12 bits per heavy atom. The van der Waals surface area contributed by atoms with Crippen molar-refractivity contribution in [2.75, 3.05) is 33.0 Å². The maximum atomic E-state index is 11.6. The van der Waals surface area contributed by atoms with Crippen LogP contribution in [0.4, 0.5) is 0 Å². The summed E-state index contributed by atoms with van der Waals surface area (Å²) in [6, 6.07) is 5.94. The quantitative estimate of drug-likeness (QED) is 0.489. The number of ether oxygens (including phenoxy) is 2. The second-order valence-corrected chi connectivity index (χ2v) is 5.41. The molecule has 7 heteroatoms. The molecule has 0 spiro atoms. The molecule has 0 bridgehead atoms. The van der Waals surface area contributed by atoms with Gasteiger partial charge < -0.3 is 25.4 Å². The molecule has 132 valence electrons. The van der Waals surface area contributed by atoms with Gasteiger partial charge in [0.2, 0.25) is 12.7 Å². The van der Waals surface area contributed by atoms with Gasteiger partial charge in [0.25, 0.3) is 0 Å². The summed E-state index contributed by atoms with van der Waals surface area (Å²) in [6.07, 6.45) is 1.74. The zero-order valence-corrected chi connectivity index (χ0v) is 14.4. The second-order valence-electron chi connectivity index (χ2n) is 5.41. The van der Waals surface area contributed by atoms with Crippen LogP contribution >= 0.6 is 0 Å². The normalized spacial score (nSPS) is 12.8. The van der Waals surface area contributed by atoms with Crippen molar-refractivity contribution in [1.29, 1.82) is 0 Å². The largest absolute Gasteiger partial charge is 0.454 e. The highest BCUT2D eigenvalue weighted by atomic mass is 16.7. The predicted octanol–water partition coefficient (Wildman–Crippen LogP) is 1.04. The van der Waals surface area contributed by atoms with Gasteiger partial charge in [-0.15, -0.1) is 0 Å². The Labute approximate surface area is 142 Å². The summed E-state index contributed by atoms with van der Waals surface area (Å²) in [5.74, 6) is 2.16. The van der Waals surface area contributed by atoms with Crippen LogP contribution in [-0.4, -0.2) is 44.8 Å². The molecule has 7 nitrogen and oxygen atoms in total. The van der Waals surface area contributed by atoms with E-state index in [1.807, 2.05) is 32.0 Å². The Hall–Kier alpha value is -2.44. The maximum absolute atomic E-state index is 11.6. The molecule has 1 aliphatic heterocycles. The summed E-state index contributed by atoms with van der Waals surface area (Å²) >= 11 is 0. The number of hydrogen-bond donors (Lipinski definition) is 3. The van der Waals surface area contributed by atoms with Gasteiger partial charge in [0, 0.05) is 19.6 Å². The van der Waals surface area contributed by atoms with Crippen LogP contribution < -0.4 is 25.4 Å². The lowest BCUT2D eigenvalue weighted by Gasteiger charge is -2.11. The van der Waals surface area contributed by atoms with E-state index in [4.69, 9.17) is 9.47 Å².